The Morgan fingerprint density at radius 1 is 1.21 bits per heavy atom. The fourth-order valence-electron chi connectivity index (χ4n) is 3.18. The zero-order valence-electron chi connectivity index (χ0n) is 16.5. The monoisotopic (exact) mass is 443 g/mol. The lowest BCUT2D eigenvalue weighted by Crippen LogP contribution is -2.69. The minimum Gasteiger partial charge on any atom is -0.392 e. The third kappa shape index (κ3) is 6.18. The van der Waals surface area contributed by atoms with Crippen molar-refractivity contribution in [3.8, 4) is 0 Å². The molecule has 13 heteroatoms. The Morgan fingerprint density at radius 3 is 2.24 bits per heavy atom. The molecule has 0 spiro atoms. The van der Waals surface area contributed by atoms with Gasteiger partial charge in [0.2, 0.25) is 0 Å². The summed E-state index contributed by atoms with van der Waals surface area (Å²) in [6.07, 6.45) is -10.8. The number of urea groups is 1. The molecule has 6 N–H and O–H groups in total. The van der Waals surface area contributed by atoms with E-state index in [0.717, 1.165) is 0 Å². The molecule has 2 unspecified atom stereocenters. The Kier molecular flexibility index (Phi) is 9.63. The zero-order chi connectivity index (χ0) is 22.5. The van der Waals surface area contributed by atoms with Crippen LogP contribution < -0.4 is 0 Å². The van der Waals surface area contributed by atoms with Gasteiger partial charge in [0.05, 0.1) is 24.5 Å². The summed E-state index contributed by atoms with van der Waals surface area (Å²) in [5, 5.41) is 64.5. The second kappa shape index (κ2) is 10.8. The Labute approximate surface area is 173 Å². The van der Waals surface area contributed by atoms with E-state index in [4.69, 9.17) is 16.3 Å². The average molecular weight is 444 g/mol. The first-order valence-corrected chi connectivity index (χ1v) is 9.70. The average Bonchev–Trinajstić information content (AvgIpc) is 2.63. The van der Waals surface area contributed by atoms with Gasteiger partial charge in [0.15, 0.2) is 12.0 Å². The van der Waals surface area contributed by atoms with Crippen LogP contribution in [0.5, 0.6) is 0 Å². The van der Waals surface area contributed by atoms with Gasteiger partial charge in [-0.2, -0.15) is 5.01 Å². The number of aliphatic hydroxyl groups excluding tert-OH is 5. The fourth-order valence-corrected chi connectivity index (χ4v) is 3.34. The number of ether oxygens (including phenoxy) is 1. The van der Waals surface area contributed by atoms with E-state index in [-0.39, 0.29) is 24.8 Å². The molecule has 170 valence electrons. The molecule has 0 aromatic rings. The Bertz CT molecular complexity index is 556. The molecular weight excluding hydrogens is 414 g/mol. The van der Waals surface area contributed by atoms with Crippen LogP contribution in [0.25, 0.3) is 0 Å². The standard InChI is InChI=1S/C16H30ClN3O9/c1-8(2)6-16(27)13(24)11(23)10(22)12(29-16)14(25)19(7-9(3)21)15(26)20(18-28)5-4-17/h8-14,21-25,27H,4-7H2,1-3H3/t9?,10-,11-,12-,13+,14?,16+/m0/s1. The van der Waals surface area contributed by atoms with Crippen LogP contribution in [-0.2, 0) is 4.74 Å². The topological polar surface area (TPSA) is 184 Å². The minimum absolute atomic E-state index is 0.141. The molecule has 0 aliphatic carbocycles. The van der Waals surface area contributed by atoms with E-state index in [9.17, 15) is 40.3 Å². The van der Waals surface area contributed by atoms with Crippen LogP contribution >= 0.6 is 11.6 Å². The third-order valence-corrected chi connectivity index (χ3v) is 4.62. The first-order chi connectivity index (χ1) is 13.4. The summed E-state index contributed by atoms with van der Waals surface area (Å²) >= 11 is 5.52. The smallest absolute Gasteiger partial charge is 0.345 e. The zero-order valence-corrected chi connectivity index (χ0v) is 17.3. The van der Waals surface area contributed by atoms with Gasteiger partial charge in [-0.1, -0.05) is 13.8 Å². The molecule has 2 amide bonds. The number of nitroso groups, excluding NO2 is 1. The highest BCUT2D eigenvalue weighted by Gasteiger charge is 2.55. The largest absolute Gasteiger partial charge is 0.392 e. The summed E-state index contributed by atoms with van der Waals surface area (Å²) in [5.74, 6) is -2.67. The maximum atomic E-state index is 12.6. The fraction of sp³-hybridized carbons (Fsp3) is 0.938. The highest BCUT2D eigenvalue weighted by molar-refractivity contribution is 6.18. The van der Waals surface area contributed by atoms with Gasteiger partial charge >= 0.3 is 6.03 Å². The Morgan fingerprint density at radius 2 is 1.79 bits per heavy atom. The number of rotatable bonds is 9. The van der Waals surface area contributed by atoms with Crippen molar-refractivity contribution >= 4 is 17.6 Å². The van der Waals surface area contributed by atoms with Gasteiger partial charge in [-0.3, -0.25) is 4.90 Å². The molecule has 29 heavy (non-hydrogen) atoms. The van der Waals surface area contributed by atoms with E-state index < -0.39 is 55.1 Å². The van der Waals surface area contributed by atoms with Crippen LogP contribution in [0.15, 0.2) is 5.29 Å². The molecule has 1 aliphatic heterocycles. The lowest BCUT2D eigenvalue weighted by Gasteiger charge is -2.49. The number of hydrogen-bond acceptors (Lipinski definition) is 10. The highest BCUT2D eigenvalue weighted by Crippen LogP contribution is 2.35. The van der Waals surface area contributed by atoms with Gasteiger partial charge < -0.3 is 35.4 Å². The molecule has 0 radical (unpaired) electrons. The van der Waals surface area contributed by atoms with E-state index in [2.05, 4.69) is 5.29 Å². The number of carbonyl (C=O) groups is 1. The van der Waals surface area contributed by atoms with Crippen LogP contribution in [0.3, 0.4) is 0 Å². The predicted octanol–water partition coefficient (Wildman–Crippen LogP) is -1.45. The molecule has 1 fully saturated rings. The van der Waals surface area contributed by atoms with Gasteiger partial charge in [-0.15, -0.1) is 16.5 Å². The van der Waals surface area contributed by atoms with Gasteiger partial charge in [0.25, 0.3) is 0 Å². The molecule has 1 heterocycles. The van der Waals surface area contributed by atoms with Crippen LogP contribution in [0.4, 0.5) is 4.79 Å². The molecule has 12 nitrogen and oxygen atoms in total. The summed E-state index contributed by atoms with van der Waals surface area (Å²) in [4.78, 5) is 24.1. The van der Waals surface area contributed by atoms with Crippen molar-refractivity contribution in [2.24, 2.45) is 11.2 Å². The van der Waals surface area contributed by atoms with Crippen molar-refractivity contribution in [2.75, 3.05) is 19.0 Å². The van der Waals surface area contributed by atoms with Crippen molar-refractivity contribution < 1.29 is 40.2 Å². The molecule has 0 aromatic carbocycles. The van der Waals surface area contributed by atoms with E-state index in [1.807, 2.05) is 0 Å². The summed E-state index contributed by atoms with van der Waals surface area (Å²) < 4.78 is 5.34. The van der Waals surface area contributed by atoms with Crippen molar-refractivity contribution in [1.29, 1.82) is 0 Å². The molecule has 1 aliphatic rings. The van der Waals surface area contributed by atoms with Crippen molar-refractivity contribution in [3.05, 3.63) is 4.91 Å². The Hall–Kier alpha value is -1.12. The van der Waals surface area contributed by atoms with Gasteiger partial charge in [-0.25, -0.2) is 4.79 Å². The molecule has 0 saturated carbocycles. The third-order valence-electron chi connectivity index (χ3n) is 4.45. The van der Waals surface area contributed by atoms with Crippen LogP contribution in [-0.4, -0.2) is 108 Å². The SMILES string of the molecule is CC(C)C[C@@]1(O)O[C@H](C(O)N(CC(C)O)C(=O)N(CCCl)N=O)[C@@H](O)[C@H](O)[C@H]1O. The number of halogens is 1. The molecule has 1 saturated heterocycles. The van der Waals surface area contributed by atoms with Crippen LogP contribution in [0.1, 0.15) is 27.2 Å². The Balaban J connectivity index is 3.22. The van der Waals surface area contributed by atoms with Crippen molar-refractivity contribution in [1.82, 2.24) is 9.91 Å². The highest BCUT2D eigenvalue weighted by atomic mass is 35.5. The lowest BCUT2D eigenvalue weighted by molar-refractivity contribution is -0.367. The summed E-state index contributed by atoms with van der Waals surface area (Å²) in [6, 6.07) is -1.14. The number of carbonyl (C=O) groups excluding carboxylic acids is 1. The number of alkyl halides is 1. The van der Waals surface area contributed by atoms with E-state index >= 15 is 0 Å². The van der Waals surface area contributed by atoms with Gasteiger partial charge in [0.1, 0.15) is 24.4 Å². The molecule has 0 aromatic heterocycles. The summed E-state index contributed by atoms with van der Waals surface area (Å²) in [6.45, 7) is 3.93. The first kappa shape index (κ1) is 25.9. The van der Waals surface area contributed by atoms with Gasteiger partial charge in [0, 0.05) is 12.3 Å². The van der Waals surface area contributed by atoms with Gasteiger partial charge in [-0.05, 0) is 12.8 Å². The summed E-state index contributed by atoms with van der Waals surface area (Å²) in [7, 11) is 0. The summed E-state index contributed by atoms with van der Waals surface area (Å²) in [5.41, 5.74) is 0. The van der Waals surface area contributed by atoms with E-state index in [1.54, 1.807) is 13.8 Å². The number of aliphatic hydroxyl groups is 6. The minimum atomic E-state index is -2.32. The quantitative estimate of drug-likeness (QED) is 0.107. The lowest BCUT2D eigenvalue weighted by atomic mass is 9.87. The van der Waals surface area contributed by atoms with Crippen LogP contribution in [0, 0.1) is 10.8 Å². The molecular formula is C16H30ClN3O9. The number of amides is 2. The van der Waals surface area contributed by atoms with Crippen LogP contribution in [0.2, 0.25) is 0 Å². The normalized spacial score (nSPS) is 32.0. The number of hydrogen-bond donors (Lipinski definition) is 6. The van der Waals surface area contributed by atoms with E-state index in [0.29, 0.717) is 9.91 Å². The second-order valence-corrected chi connectivity index (χ2v) is 7.92. The molecule has 7 atom stereocenters. The first-order valence-electron chi connectivity index (χ1n) is 9.17. The molecule has 1 rings (SSSR count). The van der Waals surface area contributed by atoms with Crippen molar-refractivity contribution in [3.63, 3.8) is 0 Å². The predicted molar refractivity (Wildman–Crippen MR) is 100 cm³/mol. The van der Waals surface area contributed by atoms with E-state index in [1.165, 1.54) is 6.92 Å². The second-order valence-electron chi connectivity index (χ2n) is 7.54. The maximum Gasteiger partial charge on any atom is 0.345 e. The number of nitrogens with zero attached hydrogens (tertiary/aromatic N) is 3. The van der Waals surface area contributed by atoms with Crippen molar-refractivity contribution in [2.45, 2.75) is 69.7 Å². The molecule has 0 bridgehead atoms. The maximum absolute atomic E-state index is 12.6.